The predicted octanol–water partition coefficient (Wildman–Crippen LogP) is 3.71. The molecule has 0 bridgehead atoms. The Bertz CT molecular complexity index is 950. The number of imidazole rings is 1. The molecule has 0 saturated heterocycles. The lowest BCUT2D eigenvalue weighted by Crippen LogP contribution is -2.03. The maximum absolute atomic E-state index is 11.3. The van der Waals surface area contributed by atoms with Crippen LogP contribution in [-0.4, -0.2) is 34.3 Å². The van der Waals surface area contributed by atoms with E-state index in [1.54, 1.807) is 6.92 Å². The Hall–Kier alpha value is -3.62. The highest BCUT2D eigenvalue weighted by Gasteiger charge is 2.19. The van der Waals surface area contributed by atoms with E-state index in [1.165, 1.54) is 18.3 Å². The van der Waals surface area contributed by atoms with Crippen LogP contribution < -0.4 is 14.9 Å². The first kappa shape index (κ1) is 18.2. The van der Waals surface area contributed by atoms with Gasteiger partial charge in [0.25, 0.3) is 0 Å². The van der Waals surface area contributed by atoms with Crippen molar-refractivity contribution >= 4 is 28.9 Å². The summed E-state index contributed by atoms with van der Waals surface area (Å²) in [4.78, 5) is 18.3. The molecule has 9 heteroatoms. The van der Waals surface area contributed by atoms with Gasteiger partial charge in [-0.3, -0.25) is 10.1 Å². The van der Waals surface area contributed by atoms with Crippen LogP contribution in [0.25, 0.3) is 11.0 Å². The SMILES string of the molecule is CCOc1cc(OCC)c([N+](=O)[O-])cc1/C=N\Nc1nc2ccccc2[nH]1. The van der Waals surface area contributed by atoms with Gasteiger partial charge in [0.1, 0.15) is 5.75 Å². The molecule has 2 aromatic carbocycles. The van der Waals surface area contributed by atoms with E-state index in [2.05, 4.69) is 20.5 Å². The van der Waals surface area contributed by atoms with Crippen LogP contribution in [0.1, 0.15) is 19.4 Å². The first-order valence-corrected chi connectivity index (χ1v) is 8.44. The van der Waals surface area contributed by atoms with Crippen molar-refractivity contribution < 1.29 is 14.4 Å². The predicted molar refractivity (Wildman–Crippen MR) is 103 cm³/mol. The molecule has 3 rings (SSSR count). The highest BCUT2D eigenvalue weighted by Crippen LogP contribution is 2.34. The van der Waals surface area contributed by atoms with Crippen molar-refractivity contribution in [1.82, 2.24) is 9.97 Å². The van der Waals surface area contributed by atoms with Crippen LogP contribution in [-0.2, 0) is 0 Å². The number of para-hydroxylation sites is 2. The maximum atomic E-state index is 11.3. The second-order valence-corrected chi connectivity index (χ2v) is 5.45. The summed E-state index contributed by atoms with van der Waals surface area (Å²) in [6.07, 6.45) is 1.45. The van der Waals surface area contributed by atoms with Crippen molar-refractivity contribution in [2.75, 3.05) is 18.6 Å². The van der Waals surface area contributed by atoms with Crippen molar-refractivity contribution in [3.8, 4) is 11.5 Å². The first-order valence-electron chi connectivity index (χ1n) is 8.44. The molecular weight excluding hydrogens is 350 g/mol. The van der Waals surface area contributed by atoms with Crippen molar-refractivity contribution in [2.24, 2.45) is 5.10 Å². The summed E-state index contributed by atoms with van der Waals surface area (Å²) < 4.78 is 10.9. The summed E-state index contributed by atoms with van der Waals surface area (Å²) in [7, 11) is 0. The standard InChI is InChI=1S/C18H19N5O4/c1-3-26-16-10-17(27-4-2)15(23(24)25)9-12(16)11-19-22-18-20-13-7-5-6-8-14(13)21-18/h5-11H,3-4H2,1-2H3,(H2,20,21,22)/b19-11-. The zero-order chi connectivity index (χ0) is 19.2. The van der Waals surface area contributed by atoms with Gasteiger partial charge in [-0.05, 0) is 26.0 Å². The van der Waals surface area contributed by atoms with Gasteiger partial charge in [-0.15, -0.1) is 0 Å². The number of nitrogens with one attached hydrogen (secondary N) is 2. The summed E-state index contributed by atoms with van der Waals surface area (Å²) in [5, 5.41) is 15.4. The molecule has 1 aromatic heterocycles. The zero-order valence-corrected chi connectivity index (χ0v) is 14.9. The lowest BCUT2D eigenvalue weighted by Gasteiger charge is -2.10. The Morgan fingerprint density at radius 3 is 2.67 bits per heavy atom. The molecule has 9 nitrogen and oxygen atoms in total. The molecule has 0 aliphatic rings. The molecule has 0 radical (unpaired) electrons. The summed E-state index contributed by atoms with van der Waals surface area (Å²) >= 11 is 0. The topological polar surface area (TPSA) is 115 Å². The van der Waals surface area contributed by atoms with Gasteiger partial charge in [-0.25, -0.2) is 10.4 Å². The van der Waals surface area contributed by atoms with E-state index in [0.717, 1.165) is 11.0 Å². The third-order valence-corrected chi connectivity index (χ3v) is 3.65. The lowest BCUT2D eigenvalue weighted by molar-refractivity contribution is -0.385. The van der Waals surface area contributed by atoms with Crippen molar-refractivity contribution in [2.45, 2.75) is 13.8 Å². The number of anilines is 1. The fraction of sp³-hybridized carbons (Fsp3) is 0.222. The van der Waals surface area contributed by atoms with E-state index < -0.39 is 4.92 Å². The second kappa shape index (κ2) is 8.17. The van der Waals surface area contributed by atoms with Gasteiger partial charge in [-0.2, -0.15) is 5.10 Å². The Labute approximate surface area is 155 Å². The van der Waals surface area contributed by atoms with Crippen molar-refractivity contribution in [3.05, 3.63) is 52.1 Å². The molecule has 0 aliphatic heterocycles. The van der Waals surface area contributed by atoms with E-state index in [1.807, 2.05) is 31.2 Å². The fourth-order valence-corrected chi connectivity index (χ4v) is 2.53. The van der Waals surface area contributed by atoms with Gasteiger partial charge in [-0.1, -0.05) is 12.1 Å². The van der Waals surface area contributed by atoms with Crippen molar-refractivity contribution in [3.63, 3.8) is 0 Å². The number of fused-ring (bicyclic) bond motifs is 1. The van der Waals surface area contributed by atoms with Gasteiger partial charge < -0.3 is 14.5 Å². The molecule has 0 aliphatic carbocycles. The Balaban J connectivity index is 1.88. The number of nitrogens with zero attached hydrogens (tertiary/aromatic N) is 3. The summed E-state index contributed by atoms with van der Waals surface area (Å²) in [5.41, 5.74) is 4.78. The minimum atomic E-state index is -0.495. The molecule has 27 heavy (non-hydrogen) atoms. The number of hydrogen-bond acceptors (Lipinski definition) is 7. The number of hydrogen-bond donors (Lipinski definition) is 2. The molecule has 0 atom stereocenters. The Morgan fingerprint density at radius 1 is 1.22 bits per heavy atom. The summed E-state index contributed by atoms with van der Waals surface area (Å²) in [5.74, 6) is 1.07. The summed E-state index contributed by atoms with van der Waals surface area (Å²) in [6.45, 7) is 4.31. The molecular formula is C18H19N5O4. The maximum Gasteiger partial charge on any atom is 0.311 e. The minimum absolute atomic E-state index is 0.148. The molecule has 1 heterocycles. The van der Waals surface area contributed by atoms with E-state index in [0.29, 0.717) is 30.5 Å². The number of hydrazone groups is 1. The van der Waals surface area contributed by atoms with Crippen LogP contribution >= 0.6 is 0 Å². The normalized spacial score (nSPS) is 11.0. The number of nitro groups is 1. The summed E-state index contributed by atoms with van der Waals surface area (Å²) in [6, 6.07) is 10.5. The van der Waals surface area contributed by atoms with E-state index in [9.17, 15) is 10.1 Å². The number of aromatic nitrogens is 2. The molecule has 0 spiro atoms. The Kier molecular flexibility index (Phi) is 5.50. The number of aromatic amines is 1. The number of ether oxygens (including phenoxy) is 2. The third-order valence-electron chi connectivity index (χ3n) is 3.65. The number of nitro benzene ring substituents is 1. The van der Waals surface area contributed by atoms with Crippen molar-refractivity contribution in [1.29, 1.82) is 0 Å². The monoisotopic (exact) mass is 369 g/mol. The van der Waals surface area contributed by atoms with Crippen LogP contribution in [0.5, 0.6) is 11.5 Å². The zero-order valence-electron chi connectivity index (χ0n) is 14.9. The van der Waals surface area contributed by atoms with E-state index >= 15 is 0 Å². The Morgan fingerprint density at radius 2 is 1.96 bits per heavy atom. The van der Waals surface area contributed by atoms with Crippen LogP contribution in [0.15, 0.2) is 41.5 Å². The molecule has 3 aromatic rings. The number of rotatable bonds is 8. The molecule has 140 valence electrons. The average molecular weight is 369 g/mol. The van der Waals surface area contributed by atoms with Crippen LogP contribution in [0, 0.1) is 10.1 Å². The van der Waals surface area contributed by atoms with Crippen LogP contribution in [0.3, 0.4) is 0 Å². The van der Waals surface area contributed by atoms with Crippen LogP contribution in [0.2, 0.25) is 0 Å². The molecule has 2 N–H and O–H groups in total. The van der Waals surface area contributed by atoms with Crippen LogP contribution in [0.4, 0.5) is 11.6 Å². The number of benzene rings is 2. The third kappa shape index (κ3) is 4.14. The highest BCUT2D eigenvalue weighted by molar-refractivity contribution is 5.86. The van der Waals surface area contributed by atoms with Gasteiger partial charge >= 0.3 is 5.69 Å². The molecule has 0 fully saturated rings. The molecule has 0 amide bonds. The quantitative estimate of drug-likeness (QED) is 0.355. The van der Waals surface area contributed by atoms with E-state index in [4.69, 9.17) is 9.47 Å². The molecule has 0 unspecified atom stereocenters. The van der Waals surface area contributed by atoms with Gasteiger partial charge in [0.2, 0.25) is 11.7 Å². The van der Waals surface area contributed by atoms with Gasteiger partial charge in [0, 0.05) is 17.7 Å². The van der Waals surface area contributed by atoms with Gasteiger partial charge in [0.15, 0.2) is 0 Å². The minimum Gasteiger partial charge on any atom is -0.493 e. The number of H-pyrrole nitrogens is 1. The van der Waals surface area contributed by atoms with E-state index in [-0.39, 0.29) is 11.4 Å². The largest absolute Gasteiger partial charge is 0.493 e. The smallest absolute Gasteiger partial charge is 0.311 e. The average Bonchev–Trinajstić information content (AvgIpc) is 3.06. The lowest BCUT2D eigenvalue weighted by atomic mass is 10.1. The second-order valence-electron chi connectivity index (χ2n) is 5.45. The highest BCUT2D eigenvalue weighted by atomic mass is 16.6. The first-order chi connectivity index (χ1) is 13.1. The molecule has 0 saturated carbocycles. The van der Waals surface area contributed by atoms with Gasteiger partial charge in [0.05, 0.1) is 35.4 Å². The fourth-order valence-electron chi connectivity index (χ4n) is 2.53.